The largest absolute Gasteiger partial charge is 0.462 e. The molecule has 0 radical (unpaired) electrons. The van der Waals surface area contributed by atoms with Crippen LogP contribution in [0.1, 0.15) is 342 Å². The third-order valence-corrected chi connectivity index (χ3v) is 14.3. The first-order chi connectivity index (χ1) is 36.0. The number of rotatable bonds is 59. The van der Waals surface area contributed by atoms with Crippen molar-refractivity contribution >= 4 is 17.9 Å². The van der Waals surface area contributed by atoms with Crippen molar-refractivity contribution < 1.29 is 28.6 Å². The fourth-order valence-corrected chi connectivity index (χ4v) is 9.39. The van der Waals surface area contributed by atoms with Crippen molar-refractivity contribution in [3.8, 4) is 0 Å². The van der Waals surface area contributed by atoms with Crippen molar-refractivity contribution in [3.05, 3.63) is 48.6 Å². The van der Waals surface area contributed by atoms with E-state index in [0.717, 1.165) is 70.6 Å². The molecule has 0 heterocycles. The molecular weight excluding hydrogens is 901 g/mol. The van der Waals surface area contributed by atoms with Crippen molar-refractivity contribution in [2.45, 2.75) is 348 Å². The van der Waals surface area contributed by atoms with Gasteiger partial charge in [-0.2, -0.15) is 0 Å². The van der Waals surface area contributed by atoms with Crippen molar-refractivity contribution in [2.75, 3.05) is 13.2 Å². The third-order valence-electron chi connectivity index (χ3n) is 14.3. The first kappa shape index (κ1) is 70.4. The molecule has 0 aliphatic carbocycles. The number of hydrogen-bond acceptors (Lipinski definition) is 6. The molecule has 0 aliphatic rings. The van der Waals surface area contributed by atoms with E-state index in [0.29, 0.717) is 19.3 Å². The molecule has 6 heteroatoms. The second-order valence-corrected chi connectivity index (χ2v) is 21.7. The van der Waals surface area contributed by atoms with E-state index in [9.17, 15) is 14.4 Å². The molecule has 73 heavy (non-hydrogen) atoms. The Balaban J connectivity index is 4.26. The molecule has 0 bridgehead atoms. The molecule has 0 aromatic carbocycles. The van der Waals surface area contributed by atoms with Crippen LogP contribution in [0.15, 0.2) is 48.6 Å². The van der Waals surface area contributed by atoms with E-state index < -0.39 is 6.10 Å². The molecule has 0 saturated carbocycles. The Hall–Kier alpha value is -2.63. The van der Waals surface area contributed by atoms with Crippen LogP contribution in [0.2, 0.25) is 0 Å². The Morgan fingerprint density at radius 1 is 0.274 bits per heavy atom. The van der Waals surface area contributed by atoms with Crippen LogP contribution >= 0.6 is 0 Å². The van der Waals surface area contributed by atoms with E-state index in [1.54, 1.807) is 0 Å². The number of unbranched alkanes of at least 4 members (excludes halogenated alkanes) is 40. The van der Waals surface area contributed by atoms with Crippen LogP contribution in [-0.2, 0) is 28.6 Å². The lowest BCUT2D eigenvalue weighted by molar-refractivity contribution is -0.167. The summed E-state index contributed by atoms with van der Waals surface area (Å²) in [5, 5.41) is 0. The second-order valence-electron chi connectivity index (χ2n) is 21.7. The van der Waals surface area contributed by atoms with Crippen LogP contribution in [0, 0.1) is 0 Å². The summed E-state index contributed by atoms with van der Waals surface area (Å²) in [6.45, 7) is 6.63. The number of hydrogen-bond donors (Lipinski definition) is 0. The van der Waals surface area contributed by atoms with Crippen LogP contribution in [0.4, 0.5) is 0 Å². The van der Waals surface area contributed by atoms with Crippen LogP contribution < -0.4 is 0 Å². The maximum absolute atomic E-state index is 12.9. The van der Waals surface area contributed by atoms with Crippen LogP contribution in [0.5, 0.6) is 0 Å². The summed E-state index contributed by atoms with van der Waals surface area (Å²) in [6.07, 6.45) is 76.9. The smallest absolute Gasteiger partial charge is 0.306 e. The quantitative estimate of drug-likeness (QED) is 0.0261. The van der Waals surface area contributed by atoms with E-state index >= 15 is 0 Å². The molecular formula is C67H122O6. The topological polar surface area (TPSA) is 78.9 Å². The molecule has 426 valence electrons. The molecule has 0 fully saturated rings. The Morgan fingerprint density at radius 2 is 0.507 bits per heavy atom. The van der Waals surface area contributed by atoms with Gasteiger partial charge in [-0.15, -0.1) is 0 Å². The SMILES string of the molecule is CCCC/C=C\CCCCCCCC(=O)OCC(COC(=O)CCCCCCCCCCCCC/C=C\C/C=C\CCCCCCC)OC(=O)CCCCCCCCCCC/C=C\CCCCCCCCCC. The van der Waals surface area contributed by atoms with Gasteiger partial charge in [0, 0.05) is 19.3 Å². The average molecular weight is 1020 g/mol. The van der Waals surface area contributed by atoms with E-state index in [-0.39, 0.29) is 31.1 Å². The van der Waals surface area contributed by atoms with E-state index in [2.05, 4.69) is 69.4 Å². The minimum Gasteiger partial charge on any atom is -0.462 e. The second kappa shape index (κ2) is 61.9. The lowest BCUT2D eigenvalue weighted by Gasteiger charge is -2.18. The molecule has 0 amide bonds. The first-order valence-corrected chi connectivity index (χ1v) is 32.1. The summed E-state index contributed by atoms with van der Waals surface area (Å²) in [7, 11) is 0. The zero-order valence-electron chi connectivity index (χ0n) is 48.9. The zero-order valence-corrected chi connectivity index (χ0v) is 48.9. The Kier molecular flexibility index (Phi) is 59.7. The van der Waals surface area contributed by atoms with Gasteiger partial charge in [-0.05, 0) is 96.3 Å². The Labute approximate surface area is 454 Å². The summed E-state index contributed by atoms with van der Waals surface area (Å²) in [6, 6.07) is 0. The number of carbonyl (C=O) groups excluding carboxylic acids is 3. The molecule has 6 nitrogen and oxygen atoms in total. The highest BCUT2D eigenvalue weighted by Gasteiger charge is 2.19. The molecule has 0 rings (SSSR count). The minimum atomic E-state index is -0.778. The highest BCUT2D eigenvalue weighted by Crippen LogP contribution is 2.17. The molecule has 0 aromatic heterocycles. The normalized spacial score (nSPS) is 12.3. The summed E-state index contributed by atoms with van der Waals surface area (Å²) in [5.41, 5.74) is 0. The first-order valence-electron chi connectivity index (χ1n) is 32.1. The Bertz CT molecular complexity index is 1270. The van der Waals surface area contributed by atoms with Gasteiger partial charge in [0.05, 0.1) is 0 Å². The lowest BCUT2D eigenvalue weighted by Crippen LogP contribution is -2.30. The maximum Gasteiger partial charge on any atom is 0.306 e. The van der Waals surface area contributed by atoms with Gasteiger partial charge in [-0.3, -0.25) is 14.4 Å². The maximum atomic E-state index is 12.9. The van der Waals surface area contributed by atoms with Gasteiger partial charge in [-0.25, -0.2) is 0 Å². The van der Waals surface area contributed by atoms with Crippen LogP contribution in [0.25, 0.3) is 0 Å². The summed E-state index contributed by atoms with van der Waals surface area (Å²) < 4.78 is 16.9. The molecule has 0 N–H and O–H groups in total. The fourth-order valence-electron chi connectivity index (χ4n) is 9.39. The molecule has 1 atom stereocenters. The van der Waals surface area contributed by atoms with Gasteiger partial charge in [0.15, 0.2) is 6.10 Å². The van der Waals surface area contributed by atoms with Crippen molar-refractivity contribution in [3.63, 3.8) is 0 Å². The van der Waals surface area contributed by atoms with Crippen LogP contribution in [0.3, 0.4) is 0 Å². The van der Waals surface area contributed by atoms with Crippen molar-refractivity contribution in [1.82, 2.24) is 0 Å². The van der Waals surface area contributed by atoms with Gasteiger partial charge < -0.3 is 14.2 Å². The van der Waals surface area contributed by atoms with Crippen molar-refractivity contribution in [2.24, 2.45) is 0 Å². The number of carbonyl (C=O) groups is 3. The zero-order chi connectivity index (χ0) is 52.9. The highest BCUT2D eigenvalue weighted by molar-refractivity contribution is 5.71. The lowest BCUT2D eigenvalue weighted by atomic mass is 10.0. The summed E-state index contributed by atoms with van der Waals surface area (Å²) in [5.74, 6) is -0.872. The molecule has 0 spiro atoms. The van der Waals surface area contributed by atoms with Crippen molar-refractivity contribution in [1.29, 1.82) is 0 Å². The van der Waals surface area contributed by atoms with Gasteiger partial charge in [0.1, 0.15) is 13.2 Å². The minimum absolute atomic E-state index is 0.0754. The van der Waals surface area contributed by atoms with Gasteiger partial charge >= 0.3 is 17.9 Å². The number of ether oxygens (including phenoxy) is 3. The highest BCUT2D eigenvalue weighted by atomic mass is 16.6. The Morgan fingerprint density at radius 3 is 0.808 bits per heavy atom. The predicted molar refractivity (Wildman–Crippen MR) is 316 cm³/mol. The van der Waals surface area contributed by atoms with Gasteiger partial charge in [0.25, 0.3) is 0 Å². The number of esters is 3. The number of allylic oxidation sites excluding steroid dienone is 8. The van der Waals surface area contributed by atoms with E-state index in [1.165, 1.54) is 231 Å². The monoisotopic (exact) mass is 1020 g/mol. The standard InChI is InChI=1S/C67H122O6/c1-4-7-10-13-16-19-22-24-26-28-30-32-33-35-36-38-40-42-45-48-51-54-57-60-66(69)72-63-64(62-71-65(68)59-56-53-50-47-44-21-18-15-12-9-6-3)73-67(70)61-58-55-52-49-46-43-41-39-37-34-31-29-27-25-23-20-17-14-11-8-5-2/h15,18,22,24,28-31,64H,4-14,16-17,19-21,23,25-27,32-63H2,1-3H3/b18-15-,24-22-,30-28-,31-29-. The van der Waals surface area contributed by atoms with E-state index in [1.807, 2.05) is 0 Å². The van der Waals surface area contributed by atoms with Crippen LogP contribution in [-0.4, -0.2) is 37.2 Å². The predicted octanol–water partition coefficient (Wildman–Crippen LogP) is 21.8. The molecule has 0 aliphatic heterocycles. The van der Waals surface area contributed by atoms with Gasteiger partial charge in [-0.1, -0.05) is 275 Å². The summed E-state index contributed by atoms with van der Waals surface area (Å²) >= 11 is 0. The molecule has 0 saturated heterocycles. The third kappa shape index (κ3) is 60.1. The fraction of sp³-hybridized carbons (Fsp3) is 0.836. The van der Waals surface area contributed by atoms with E-state index in [4.69, 9.17) is 14.2 Å². The summed E-state index contributed by atoms with van der Waals surface area (Å²) in [4.78, 5) is 38.2. The average Bonchev–Trinajstić information content (AvgIpc) is 3.39. The molecule has 0 aromatic rings. The molecule has 1 unspecified atom stereocenters. The van der Waals surface area contributed by atoms with Gasteiger partial charge in [0.2, 0.25) is 0 Å².